The van der Waals surface area contributed by atoms with Gasteiger partial charge in [0.05, 0.1) is 19.8 Å². The predicted octanol–water partition coefficient (Wildman–Crippen LogP) is 0.960. The Balaban J connectivity index is 2.47. The van der Waals surface area contributed by atoms with Gasteiger partial charge in [-0.1, -0.05) is 0 Å². The fourth-order valence-corrected chi connectivity index (χ4v) is 1.51. The number of amides is 1. The maximum Gasteiger partial charge on any atom is 0.305 e. The summed E-state index contributed by atoms with van der Waals surface area (Å²) in [6.45, 7) is 0.388. The van der Waals surface area contributed by atoms with Crippen molar-refractivity contribution >= 4 is 17.6 Å². The van der Waals surface area contributed by atoms with Crippen molar-refractivity contribution in [1.82, 2.24) is 5.32 Å². The summed E-state index contributed by atoms with van der Waals surface area (Å²) in [6.07, 6.45) is 0.795. The number of nitrogens with two attached hydrogens (primary N) is 1. The first-order chi connectivity index (χ1) is 9.08. The molecule has 1 amide bonds. The van der Waals surface area contributed by atoms with Gasteiger partial charge in [0.2, 0.25) is 0 Å². The van der Waals surface area contributed by atoms with E-state index < -0.39 is 0 Å². The molecule has 6 heteroatoms. The van der Waals surface area contributed by atoms with Crippen molar-refractivity contribution in [3.05, 3.63) is 23.8 Å². The lowest BCUT2D eigenvalue weighted by atomic mass is 10.1. The third-order valence-electron chi connectivity index (χ3n) is 2.57. The first kappa shape index (κ1) is 14.8. The first-order valence-corrected chi connectivity index (χ1v) is 5.87. The Bertz CT molecular complexity index is 460. The number of methoxy groups -OCH3 is 2. The van der Waals surface area contributed by atoms with Gasteiger partial charge in [0.25, 0.3) is 5.91 Å². The van der Waals surface area contributed by atoms with Gasteiger partial charge in [-0.15, -0.1) is 0 Å². The highest BCUT2D eigenvalue weighted by Crippen LogP contribution is 2.19. The van der Waals surface area contributed by atoms with E-state index in [0.29, 0.717) is 30.0 Å². The summed E-state index contributed by atoms with van der Waals surface area (Å²) in [7, 11) is 2.86. The minimum Gasteiger partial charge on any atom is -0.497 e. The fraction of sp³-hybridized carbons (Fsp3) is 0.385. The molecular formula is C13H18N2O4. The molecule has 6 nitrogen and oxygen atoms in total. The standard InChI is InChI=1S/C13H18N2O4/c1-18-9-5-6-10(11(14)8-9)13(17)15-7-3-4-12(16)19-2/h5-6,8H,3-4,7,14H2,1-2H3,(H,15,17). The van der Waals surface area contributed by atoms with Crippen molar-refractivity contribution in [2.45, 2.75) is 12.8 Å². The van der Waals surface area contributed by atoms with Crippen LogP contribution in [-0.4, -0.2) is 32.6 Å². The SMILES string of the molecule is COC(=O)CCCNC(=O)c1ccc(OC)cc1N. The molecular weight excluding hydrogens is 248 g/mol. The molecule has 0 saturated heterocycles. The second kappa shape index (κ2) is 7.25. The van der Waals surface area contributed by atoms with Crippen LogP contribution in [-0.2, 0) is 9.53 Å². The Morgan fingerprint density at radius 1 is 1.32 bits per heavy atom. The van der Waals surface area contributed by atoms with Crippen LogP contribution in [0, 0.1) is 0 Å². The molecule has 0 spiro atoms. The van der Waals surface area contributed by atoms with Crippen LogP contribution < -0.4 is 15.8 Å². The number of rotatable bonds is 6. The van der Waals surface area contributed by atoms with Crippen molar-refractivity contribution in [3.8, 4) is 5.75 Å². The minimum absolute atomic E-state index is 0.273. The average Bonchev–Trinajstić information content (AvgIpc) is 2.42. The number of benzene rings is 1. The van der Waals surface area contributed by atoms with Gasteiger partial charge >= 0.3 is 5.97 Å². The van der Waals surface area contributed by atoms with E-state index in [0.717, 1.165) is 0 Å². The van der Waals surface area contributed by atoms with Gasteiger partial charge in [0.15, 0.2) is 0 Å². The molecule has 1 aromatic carbocycles. The molecule has 0 aliphatic heterocycles. The van der Waals surface area contributed by atoms with Crippen LogP contribution in [0.2, 0.25) is 0 Å². The number of carbonyl (C=O) groups is 2. The van der Waals surface area contributed by atoms with Crippen molar-refractivity contribution in [1.29, 1.82) is 0 Å². The van der Waals surface area contributed by atoms with E-state index in [1.807, 2.05) is 0 Å². The summed E-state index contributed by atoms with van der Waals surface area (Å²) in [4.78, 5) is 22.7. The molecule has 0 bridgehead atoms. The maximum absolute atomic E-state index is 11.8. The van der Waals surface area contributed by atoms with Crippen LogP contribution in [0.25, 0.3) is 0 Å². The van der Waals surface area contributed by atoms with Crippen LogP contribution >= 0.6 is 0 Å². The van der Waals surface area contributed by atoms with Gasteiger partial charge in [0.1, 0.15) is 5.75 Å². The maximum atomic E-state index is 11.8. The molecule has 0 aliphatic carbocycles. The molecule has 104 valence electrons. The lowest BCUT2D eigenvalue weighted by molar-refractivity contribution is -0.140. The molecule has 0 unspecified atom stereocenters. The van der Waals surface area contributed by atoms with E-state index in [1.165, 1.54) is 14.2 Å². The van der Waals surface area contributed by atoms with Crippen LogP contribution in [0.4, 0.5) is 5.69 Å². The highest BCUT2D eigenvalue weighted by Gasteiger charge is 2.10. The number of anilines is 1. The zero-order valence-electron chi connectivity index (χ0n) is 11.1. The smallest absolute Gasteiger partial charge is 0.305 e. The molecule has 0 radical (unpaired) electrons. The highest BCUT2D eigenvalue weighted by molar-refractivity contribution is 5.99. The number of hydrogen-bond acceptors (Lipinski definition) is 5. The Labute approximate surface area is 111 Å². The van der Waals surface area contributed by atoms with Gasteiger partial charge in [0, 0.05) is 24.7 Å². The average molecular weight is 266 g/mol. The minimum atomic E-state index is -0.293. The molecule has 0 fully saturated rings. The number of nitrogen functional groups attached to an aromatic ring is 1. The van der Waals surface area contributed by atoms with E-state index in [2.05, 4.69) is 10.1 Å². The number of carbonyl (C=O) groups excluding carboxylic acids is 2. The molecule has 0 aromatic heterocycles. The normalized spacial score (nSPS) is 9.79. The van der Waals surface area contributed by atoms with Gasteiger partial charge in [-0.05, 0) is 18.6 Å². The van der Waals surface area contributed by atoms with Gasteiger partial charge in [-0.3, -0.25) is 9.59 Å². The lowest BCUT2D eigenvalue weighted by Crippen LogP contribution is -2.25. The molecule has 0 aliphatic rings. The second-order valence-electron chi connectivity index (χ2n) is 3.89. The third-order valence-corrected chi connectivity index (χ3v) is 2.57. The van der Waals surface area contributed by atoms with E-state index in [1.54, 1.807) is 18.2 Å². The van der Waals surface area contributed by atoms with E-state index in [4.69, 9.17) is 10.5 Å². The third kappa shape index (κ3) is 4.50. The first-order valence-electron chi connectivity index (χ1n) is 5.87. The lowest BCUT2D eigenvalue weighted by Gasteiger charge is -2.08. The summed E-state index contributed by atoms with van der Waals surface area (Å²) >= 11 is 0. The van der Waals surface area contributed by atoms with Crippen molar-refractivity contribution in [2.24, 2.45) is 0 Å². The van der Waals surface area contributed by atoms with Crippen LogP contribution in [0.5, 0.6) is 5.75 Å². The molecule has 0 atom stereocenters. The van der Waals surface area contributed by atoms with E-state index >= 15 is 0 Å². The van der Waals surface area contributed by atoms with Crippen LogP contribution in [0.1, 0.15) is 23.2 Å². The Kier molecular flexibility index (Phi) is 5.66. The second-order valence-corrected chi connectivity index (χ2v) is 3.89. The van der Waals surface area contributed by atoms with Gasteiger partial charge in [-0.2, -0.15) is 0 Å². The quantitative estimate of drug-likeness (QED) is 0.454. The van der Waals surface area contributed by atoms with Crippen molar-refractivity contribution < 1.29 is 19.1 Å². The number of hydrogen-bond donors (Lipinski definition) is 2. The Morgan fingerprint density at radius 3 is 2.63 bits per heavy atom. The summed E-state index contributed by atoms with van der Waals surface area (Å²) in [5.74, 6) is 0.0305. The zero-order chi connectivity index (χ0) is 14.3. The highest BCUT2D eigenvalue weighted by atomic mass is 16.5. The summed E-state index contributed by atoms with van der Waals surface area (Å²) in [5, 5.41) is 2.69. The van der Waals surface area contributed by atoms with Crippen LogP contribution in [0.15, 0.2) is 18.2 Å². The summed E-state index contributed by atoms with van der Waals surface area (Å²) in [6, 6.07) is 4.85. The summed E-state index contributed by atoms with van der Waals surface area (Å²) in [5.41, 5.74) is 6.50. The predicted molar refractivity (Wildman–Crippen MR) is 71.0 cm³/mol. The van der Waals surface area contributed by atoms with E-state index in [-0.39, 0.29) is 18.3 Å². The summed E-state index contributed by atoms with van der Waals surface area (Å²) < 4.78 is 9.50. The van der Waals surface area contributed by atoms with Gasteiger partial charge < -0.3 is 20.5 Å². The number of nitrogens with one attached hydrogen (secondary N) is 1. The number of esters is 1. The Hall–Kier alpha value is -2.24. The molecule has 0 heterocycles. The number of ether oxygens (including phenoxy) is 2. The van der Waals surface area contributed by atoms with E-state index in [9.17, 15) is 9.59 Å². The molecule has 0 saturated carbocycles. The fourth-order valence-electron chi connectivity index (χ4n) is 1.51. The Morgan fingerprint density at radius 2 is 2.05 bits per heavy atom. The topological polar surface area (TPSA) is 90.6 Å². The van der Waals surface area contributed by atoms with Crippen molar-refractivity contribution in [2.75, 3.05) is 26.5 Å². The molecule has 1 aromatic rings. The van der Waals surface area contributed by atoms with Crippen LogP contribution in [0.3, 0.4) is 0 Å². The van der Waals surface area contributed by atoms with Crippen molar-refractivity contribution in [3.63, 3.8) is 0 Å². The monoisotopic (exact) mass is 266 g/mol. The largest absolute Gasteiger partial charge is 0.497 e. The van der Waals surface area contributed by atoms with Gasteiger partial charge in [-0.25, -0.2) is 0 Å². The molecule has 19 heavy (non-hydrogen) atoms. The zero-order valence-corrected chi connectivity index (χ0v) is 11.1. The molecule has 3 N–H and O–H groups in total. The molecule has 1 rings (SSSR count).